The van der Waals surface area contributed by atoms with Crippen molar-refractivity contribution in [2.24, 2.45) is 0 Å². The Morgan fingerprint density at radius 3 is 3.12 bits per heavy atom. The number of ether oxygens (including phenoxy) is 2. The van der Waals surface area contributed by atoms with E-state index in [1.807, 2.05) is 12.1 Å². The summed E-state index contributed by atoms with van der Waals surface area (Å²) in [6, 6.07) is 3.87. The molecule has 9 heteroatoms. The van der Waals surface area contributed by atoms with Crippen LogP contribution < -0.4 is 15.9 Å². The Bertz CT molecular complexity index is 908. The number of nitrogens with one attached hydrogen (secondary N) is 1. The third-order valence-corrected chi connectivity index (χ3v) is 4.82. The summed E-state index contributed by atoms with van der Waals surface area (Å²) in [4.78, 5) is 30.1. The highest BCUT2D eigenvalue weighted by Gasteiger charge is 2.43. The molecule has 1 N–H and O–H groups in total. The number of aromatic amines is 1. The summed E-state index contributed by atoms with van der Waals surface area (Å²) in [5, 5.41) is 6.12. The van der Waals surface area contributed by atoms with Crippen LogP contribution in [0.4, 0.5) is 0 Å². The summed E-state index contributed by atoms with van der Waals surface area (Å²) in [6.07, 6.45) is 2.49. The van der Waals surface area contributed by atoms with Crippen molar-refractivity contribution >= 4 is 0 Å². The molecule has 132 valence electrons. The van der Waals surface area contributed by atoms with Gasteiger partial charge in [0.15, 0.2) is 5.82 Å². The van der Waals surface area contributed by atoms with Crippen molar-refractivity contribution in [1.82, 2.24) is 24.6 Å². The molecular weight excluding hydrogens is 326 g/mol. The number of rotatable bonds is 3. The van der Waals surface area contributed by atoms with Crippen molar-refractivity contribution in [3.05, 3.63) is 50.4 Å². The lowest BCUT2D eigenvalue weighted by Gasteiger charge is -2.34. The van der Waals surface area contributed by atoms with E-state index in [1.165, 1.54) is 4.57 Å². The van der Waals surface area contributed by atoms with Crippen molar-refractivity contribution in [3.63, 3.8) is 0 Å². The van der Waals surface area contributed by atoms with Gasteiger partial charge in [0, 0.05) is 31.4 Å². The van der Waals surface area contributed by atoms with E-state index in [-0.39, 0.29) is 6.61 Å². The second-order valence-electron chi connectivity index (χ2n) is 6.46. The highest BCUT2D eigenvalue weighted by Crippen LogP contribution is 2.32. The summed E-state index contributed by atoms with van der Waals surface area (Å²) in [5.74, 6) is 1.08. The molecule has 1 spiro atoms. The largest absolute Gasteiger partial charge is 0.481 e. The van der Waals surface area contributed by atoms with Crippen LogP contribution in [0, 0.1) is 0 Å². The molecule has 0 saturated carbocycles. The molecule has 2 aromatic heterocycles. The lowest BCUT2D eigenvalue weighted by Crippen LogP contribution is -2.51. The maximum atomic E-state index is 12.1. The molecule has 0 bridgehead atoms. The highest BCUT2D eigenvalue weighted by molar-refractivity contribution is 5.25. The van der Waals surface area contributed by atoms with Gasteiger partial charge in [0.05, 0.1) is 13.7 Å². The van der Waals surface area contributed by atoms with E-state index in [9.17, 15) is 9.59 Å². The standard InChI is InChI=1S/C16H19N5O4/c1-24-14-11(3-2-5-17-14)7-20-6-4-16(9-20)10-21-12(8-25-16)18-19-13(22)15(21)23/h2-3,5H,4,6-10H2,1H3,(H,19,22)/t16-/m1/s1. The maximum Gasteiger partial charge on any atom is 0.330 e. The number of hydrogen-bond acceptors (Lipinski definition) is 7. The Morgan fingerprint density at radius 2 is 2.28 bits per heavy atom. The summed E-state index contributed by atoms with van der Waals surface area (Å²) in [5.41, 5.74) is -0.730. The summed E-state index contributed by atoms with van der Waals surface area (Å²) < 4.78 is 12.8. The number of hydrogen-bond donors (Lipinski definition) is 1. The molecule has 0 aliphatic carbocycles. The summed E-state index contributed by atoms with van der Waals surface area (Å²) >= 11 is 0. The monoisotopic (exact) mass is 345 g/mol. The molecule has 2 aliphatic heterocycles. The van der Waals surface area contributed by atoms with Crippen molar-refractivity contribution in [2.75, 3.05) is 20.2 Å². The SMILES string of the molecule is COc1ncccc1CN1CC[C@@]2(C1)Cn1c(n[nH]c(=O)c1=O)CO2. The molecule has 2 aliphatic rings. The Hall–Kier alpha value is -2.52. The van der Waals surface area contributed by atoms with Crippen LogP contribution in [-0.2, 0) is 24.4 Å². The molecule has 4 rings (SSSR count). The highest BCUT2D eigenvalue weighted by atomic mass is 16.5. The van der Waals surface area contributed by atoms with E-state index in [0.717, 1.165) is 18.5 Å². The Morgan fingerprint density at radius 1 is 1.40 bits per heavy atom. The van der Waals surface area contributed by atoms with Crippen molar-refractivity contribution < 1.29 is 9.47 Å². The van der Waals surface area contributed by atoms with Gasteiger partial charge in [0.2, 0.25) is 5.88 Å². The van der Waals surface area contributed by atoms with Gasteiger partial charge < -0.3 is 9.47 Å². The van der Waals surface area contributed by atoms with Gasteiger partial charge >= 0.3 is 11.1 Å². The Kier molecular flexibility index (Phi) is 3.89. The van der Waals surface area contributed by atoms with Gasteiger partial charge in [-0.05, 0) is 12.5 Å². The second kappa shape index (κ2) is 6.08. The van der Waals surface area contributed by atoms with Crippen LogP contribution in [0.2, 0.25) is 0 Å². The molecule has 25 heavy (non-hydrogen) atoms. The first-order valence-electron chi connectivity index (χ1n) is 8.13. The zero-order valence-electron chi connectivity index (χ0n) is 13.9. The summed E-state index contributed by atoms with van der Waals surface area (Å²) in [6.45, 7) is 2.76. The number of nitrogens with zero attached hydrogens (tertiary/aromatic N) is 4. The zero-order chi connectivity index (χ0) is 17.4. The topological polar surface area (TPSA) is 102 Å². The van der Waals surface area contributed by atoms with E-state index < -0.39 is 16.7 Å². The molecule has 0 aromatic carbocycles. The predicted octanol–water partition coefficient (Wildman–Crippen LogP) is -0.490. The molecule has 2 aromatic rings. The Balaban J connectivity index is 1.53. The molecule has 0 unspecified atom stereocenters. The third kappa shape index (κ3) is 2.85. The summed E-state index contributed by atoms with van der Waals surface area (Å²) in [7, 11) is 1.61. The van der Waals surface area contributed by atoms with Crippen molar-refractivity contribution in [2.45, 2.75) is 31.7 Å². The fourth-order valence-corrected chi connectivity index (χ4v) is 3.57. The Labute approximate surface area is 143 Å². The van der Waals surface area contributed by atoms with E-state index in [4.69, 9.17) is 9.47 Å². The zero-order valence-corrected chi connectivity index (χ0v) is 13.9. The van der Waals surface area contributed by atoms with Crippen LogP contribution in [0.5, 0.6) is 5.88 Å². The van der Waals surface area contributed by atoms with Gasteiger partial charge in [-0.1, -0.05) is 6.07 Å². The minimum absolute atomic E-state index is 0.218. The number of aromatic nitrogens is 4. The van der Waals surface area contributed by atoms with E-state index in [2.05, 4.69) is 20.1 Å². The quantitative estimate of drug-likeness (QED) is 0.749. The molecule has 9 nitrogen and oxygen atoms in total. The molecule has 0 radical (unpaired) electrons. The number of methoxy groups -OCH3 is 1. The molecular formula is C16H19N5O4. The average molecular weight is 345 g/mol. The fraction of sp³-hybridized carbons (Fsp3) is 0.500. The van der Waals surface area contributed by atoms with Gasteiger partial charge in [-0.25, -0.2) is 10.1 Å². The van der Waals surface area contributed by atoms with Crippen LogP contribution in [-0.4, -0.2) is 50.4 Å². The molecule has 4 heterocycles. The predicted molar refractivity (Wildman–Crippen MR) is 87.3 cm³/mol. The minimum atomic E-state index is -0.698. The van der Waals surface area contributed by atoms with E-state index >= 15 is 0 Å². The number of pyridine rings is 1. The molecule has 1 fully saturated rings. The van der Waals surface area contributed by atoms with Crippen molar-refractivity contribution in [1.29, 1.82) is 0 Å². The lowest BCUT2D eigenvalue weighted by molar-refractivity contribution is -0.0853. The van der Waals surface area contributed by atoms with Crippen LogP contribution in [0.25, 0.3) is 0 Å². The van der Waals surface area contributed by atoms with Crippen LogP contribution >= 0.6 is 0 Å². The maximum absolute atomic E-state index is 12.1. The normalized spacial score (nSPS) is 22.9. The first-order chi connectivity index (χ1) is 12.1. The van der Waals surface area contributed by atoms with Crippen molar-refractivity contribution in [3.8, 4) is 5.88 Å². The van der Waals surface area contributed by atoms with E-state index in [1.54, 1.807) is 13.3 Å². The minimum Gasteiger partial charge on any atom is -0.481 e. The van der Waals surface area contributed by atoms with Crippen LogP contribution in [0.1, 0.15) is 17.8 Å². The van der Waals surface area contributed by atoms with Crippen LogP contribution in [0.3, 0.4) is 0 Å². The lowest BCUT2D eigenvalue weighted by atomic mass is 10.0. The van der Waals surface area contributed by atoms with E-state index in [0.29, 0.717) is 31.3 Å². The number of H-pyrrole nitrogens is 1. The first-order valence-corrected chi connectivity index (χ1v) is 8.13. The number of likely N-dealkylation sites (tertiary alicyclic amines) is 1. The fourth-order valence-electron chi connectivity index (χ4n) is 3.57. The molecule has 0 amide bonds. The van der Waals surface area contributed by atoms with Gasteiger partial charge in [0.25, 0.3) is 0 Å². The molecule has 1 atom stereocenters. The van der Waals surface area contributed by atoms with Gasteiger partial charge in [-0.15, -0.1) is 0 Å². The first kappa shape index (κ1) is 16.0. The number of fused-ring (bicyclic) bond motifs is 1. The third-order valence-electron chi connectivity index (χ3n) is 4.82. The van der Waals surface area contributed by atoms with Gasteiger partial charge in [-0.3, -0.25) is 19.1 Å². The van der Waals surface area contributed by atoms with Gasteiger partial charge in [0.1, 0.15) is 12.2 Å². The molecule has 1 saturated heterocycles. The average Bonchev–Trinajstić information content (AvgIpc) is 3.01. The second-order valence-corrected chi connectivity index (χ2v) is 6.46. The van der Waals surface area contributed by atoms with Crippen LogP contribution in [0.15, 0.2) is 27.9 Å². The van der Waals surface area contributed by atoms with Gasteiger partial charge in [-0.2, -0.15) is 5.10 Å². The smallest absolute Gasteiger partial charge is 0.330 e.